The first-order valence-electron chi connectivity index (χ1n) is 5.55. The molecule has 2 aromatic rings. The monoisotopic (exact) mass is 245 g/mol. The third-order valence-electron chi connectivity index (χ3n) is 2.37. The Hall–Kier alpha value is -2.30. The Morgan fingerprint density at radius 3 is 2.89 bits per heavy atom. The van der Waals surface area contributed by atoms with Crippen molar-refractivity contribution in [1.29, 1.82) is 0 Å². The van der Waals surface area contributed by atoms with Crippen LogP contribution in [0.4, 0.5) is 4.39 Å². The van der Waals surface area contributed by atoms with E-state index in [1.54, 1.807) is 12.4 Å². The molecule has 4 nitrogen and oxygen atoms in total. The minimum Gasteiger partial charge on any atom is -0.350 e. The minimum atomic E-state index is -0.657. The first kappa shape index (κ1) is 12.2. The summed E-state index contributed by atoms with van der Waals surface area (Å²) in [6.07, 6.45) is 4.11. The van der Waals surface area contributed by atoms with E-state index in [0.717, 1.165) is 5.56 Å². The number of rotatable bonds is 4. The Morgan fingerprint density at radius 2 is 2.17 bits per heavy atom. The van der Waals surface area contributed by atoms with Crippen molar-refractivity contribution in [2.24, 2.45) is 0 Å². The molecule has 0 atom stereocenters. The predicted molar refractivity (Wildman–Crippen MR) is 64.5 cm³/mol. The number of amides is 1. The largest absolute Gasteiger partial charge is 0.350 e. The van der Waals surface area contributed by atoms with E-state index in [0.29, 0.717) is 13.0 Å². The van der Waals surface area contributed by atoms with Gasteiger partial charge in [-0.15, -0.1) is 0 Å². The molecule has 2 heterocycles. The fourth-order valence-corrected chi connectivity index (χ4v) is 1.49. The summed E-state index contributed by atoms with van der Waals surface area (Å²) < 4.78 is 12.8. The topological polar surface area (TPSA) is 54.9 Å². The van der Waals surface area contributed by atoms with Crippen LogP contribution in [-0.2, 0) is 6.42 Å². The Bertz CT molecular complexity index is 531. The molecule has 0 aliphatic heterocycles. The maximum Gasteiger partial charge on any atom is 0.270 e. The quantitative estimate of drug-likeness (QED) is 0.832. The number of pyridine rings is 2. The molecule has 18 heavy (non-hydrogen) atoms. The van der Waals surface area contributed by atoms with Gasteiger partial charge in [0, 0.05) is 18.9 Å². The molecule has 1 N–H and O–H groups in total. The standard InChI is InChI=1S/C13H12FN3O/c14-12-5-1-4-11(17-12)13(18)16-8-6-10-3-2-7-15-9-10/h1-5,7,9H,6,8H2,(H,16,18). The molecule has 0 spiro atoms. The normalized spacial score (nSPS) is 10.1. The maximum atomic E-state index is 12.8. The van der Waals surface area contributed by atoms with Gasteiger partial charge in [0.15, 0.2) is 0 Å². The van der Waals surface area contributed by atoms with Crippen LogP contribution < -0.4 is 5.32 Å². The number of hydrogen-bond acceptors (Lipinski definition) is 3. The highest BCUT2D eigenvalue weighted by atomic mass is 19.1. The van der Waals surface area contributed by atoms with E-state index in [2.05, 4.69) is 15.3 Å². The summed E-state index contributed by atoms with van der Waals surface area (Å²) in [7, 11) is 0. The molecule has 0 aliphatic carbocycles. The number of carbonyl (C=O) groups is 1. The third kappa shape index (κ3) is 3.35. The van der Waals surface area contributed by atoms with Crippen molar-refractivity contribution >= 4 is 5.91 Å². The summed E-state index contributed by atoms with van der Waals surface area (Å²) in [5, 5.41) is 2.68. The van der Waals surface area contributed by atoms with E-state index < -0.39 is 5.95 Å². The number of aromatic nitrogens is 2. The van der Waals surface area contributed by atoms with Crippen LogP contribution in [-0.4, -0.2) is 22.4 Å². The molecule has 5 heteroatoms. The molecule has 2 aromatic heterocycles. The molecule has 0 saturated carbocycles. The van der Waals surface area contributed by atoms with Crippen molar-refractivity contribution in [3.63, 3.8) is 0 Å². The van der Waals surface area contributed by atoms with E-state index in [1.165, 1.54) is 18.2 Å². The molecule has 0 bridgehead atoms. The molecule has 0 radical (unpaired) electrons. The van der Waals surface area contributed by atoms with Gasteiger partial charge in [-0.2, -0.15) is 4.39 Å². The van der Waals surface area contributed by atoms with Crippen LogP contribution in [0.3, 0.4) is 0 Å². The zero-order valence-corrected chi connectivity index (χ0v) is 9.64. The second-order valence-corrected chi connectivity index (χ2v) is 3.71. The van der Waals surface area contributed by atoms with Crippen LogP contribution in [0.2, 0.25) is 0 Å². The van der Waals surface area contributed by atoms with Gasteiger partial charge in [0.1, 0.15) is 5.69 Å². The fourth-order valence-electron chi connectivity index (χ4n) is 1.49. The summed E-state index contributed by atoms with van der Waals surface area (Å²) in [6, 6.07) is 7.90. The van der Waals surface area contributed by atoms with Gasteiger partial charge >= 0.3 is 0 Å². The lowest BCUT2D eigenvalue weighted by molar-refractivity contribution is 0.0948. The first-order valence-corrected chi connectivity index (χ1v) is 5.55. The highest BCUT2D eigenvalue weighted by Gasteiger charge is 2.06. The Balaban J connectivity index is 1.86. The van der Waals surface area contributed by atoms with Crippen molar-refractivity contribution in [1.82, 2.24) is 15.3 Å². The predicted octanol–water partition coefficient (Wildman–Crippen LogP) is 1.59. The Labute approximate surface area is 104 Å². The summed E-state index contributed by atoms with van der Waals surface area (Å²) in [5.74, 6) is -1.03. The molecule has 0 fully saturated rings. The van der Waals surface area contributed by atoms with Gasteiger partial charge in [0.25, 0.3) is 5.91 Å². The number of hydrogen-bond donors (Lipinski definition) is 1. The number of nitrogens with zero attached hydrogens (tertiary/aromatic N) is 2. The fraction of sp³-hybridized carbons (Fsp3) is 0.154. The van der Waals surface area contributed by atoms with Crippen molar-refractivity contribution in [3.8, 4) is 0 Å². The van der Waals surface area contributed by atoms with Gasteiger partial charge in [0.2, 0.25) is 5.95 Å². The van der Waals surface area contributed by atoms with E-state index in [9.17, 15) is 9.18 Å². The van der Waals surface area contributed by atoms with Gasteiger partial charge in [0.05, 0.1) is 0 Å². The van der Waals surface area contributed by atoms with Crippen LogP contribution in [0.15, 0.2) is 42.7 Å². The highest BCUT2D eigenvalue weighted by molar-refractivity contribution is 5.92. The molecule has 92 valence electrons. The van der Waals surface area contributed by atoms with E-state index in [-0.39, 0.29) is 11.6 Å². The van der Waals surface area contributed by atoms with Crippen LogP contribution in [0.25, 0.3) is 0 Å². The van der Waals surface area contributed by atoms with Gasteiger partial charge in [-0.05, 0) is 30.2 Å². The van der Waals surface area contributed by atoms with Crippen molar-refractivity contribution in [2.45, 2.75) is 6.42 Å². The maximum absolute atomic E-state index is 12.8. The summed E-state index contributed by atoms with van der Waals surface area (Å²) in [6.45, 7) is 0.461. The highest BCUT2D eigenvalue weighted by Crippen LogP contribution is 1.99. The number of carbonyl (C=O) groups excluding carboxylic acids is 1. The smallest absolute Gasteiger partial charge is 0.270 e. The molecule has 0 saturated heterocycles. The van der Waals surface area contributed by atoms with Crippen LogP contribution in [0, 0.1) is 5.95 Å². The average molecular weight is 245 g/mol. The van der Waals surface area contributed by atoms with Crippen LogP contribution >= 0.6 is 0 Å². The molecule has 0 aliphatic rings. The number of nitrogens with one attached hydrogen (secondary N) is 1. The second-order valence-electron chi connectivity index (χ2n) is 3.71. The van der Waals surface area contributed by atoms with Gasteiger partial charge in [-0.1, -0.05) is 12.1 Å². The van der Waals surface area contributed by atoms with Gasteiger partial charge < -0.3 is 5.32 Å². The van der Waals surface area contributed by atoms with Crippen molar-refractivity contribution in [2.75, 3.05) is 6.54 Å². The third-order valence-corrected chi connectivity index (χ3v) is 2.37. The molecule has 0 unspecified atom stereocenters. The average Bonchev–Trinajstić information content (AvgIpc) is 2.40. The second kappa shape index (κ2) is 5.86. The zero-order chi connectivity index (χ0) is 12.8. The van der Waals surface area contributed by atoms with Gasteiger partial charge in [-0.25, -0.2) is 4.98 Å². The lowest BCUT2D eigenvalue weighted by atomic mass is 10.2. The summed E-state index contributed by atoms with van der Waals surface area (Å²) in [5.41, 5.74) is 1.12. The molecular formula is C13H12FN3O. The molecule has 2 rings (SSSR count). The SMILES string of the molecule is O=C(NCCc1cccnc1)c1cccc(F)n1. The Morgan fingerprint density at radius 1 is 1.28 bits per heavy atom. The van der Waals surface area contributed by atoms with E-state index in [4.69, 9.17) is 0 Å². The van der Waals surface area contributed by atoms with Crippen LogP contribution in [0.5, 0.6) is 0 Å². The number of halogens is 1. The minimum absolute atomic E-state index is 0.0844. The lowest BCUT2D eigenvalue weighted by Gasteiger charge is -2.04. The Kier molecular flexibility index (Phi) is 3.96. The summed E-state index contributed by atoms with van der Waals surface area (Å²) in [4.78, 5) is 19.1. The van der Waals surface area contributed by atoms with E-state index >= 15 is 0 Å². The van der Waals surface area contributed by atoms with Crippen molar-refractivity contribution < 1.29 is 9.18 Å². The van der Waals surface area contributed by atoms with Crippen molar-refractivity contribution in [3.05, 3.63) is 59.9 Å². The summed E-state index contributed by atoms with van der Waals surface area (Å²) >= 11 is 0. The van der Waals surface area contributed by atoms with E-state index in [1.807, 2.05) is 12.1 Å². The zero-order valence-electron chi connectivity index (χ0n) is 9.64. The lowest BCUT2D eigenvalue weighted by Crippen LogP contribution is -2.26. The van der Waals surface area contributed by atoms with Gasteiger partial charge in [-0.3, -0.25) is 9.78 Å². The molecular weight excluding hydrogens is 233 g/mol. The first-order chi connectivity index (χ1) is 8.75. The molecule has 0 aromatic carbocycles. The molecule has 1 amide bonds. The van der Waals surface area contributed by atoms with Crippen LogP contribution in [0.1, 0.15) is 16.1 Å².